The molecule has 7 heteroatoms. The Morgan fingerprint density at radius 1 is 1.29 bits per heavy atom. The van der Waals surface area contributed by atoms with Crippen LogP contribution in [0.5, 0.6) is 0 Å². The summed E-state index contributed by atoms with van der Waals surface area (Å²) >= 11 is 0. The molecule has 2 aromatic carbocycles. The molecule has 0 aliphatic rings. The highest BCUT2D eigenvalue weighted by atomic mass is 32.2. The fourth-order valence-corrected chi connectivity index (χ4v) is 3.14. The number of anilines is 2. The van der Waals surface area contributed by atoms with E-state index in [1.165, 1.54) is 18.2 Å². The van der Waals surface area contributed by atoms with E-state index in [1.807, 2.05) is 0 Å². The third kappa shape index (κ3) is 2.95. The first-order chi connectivity index (χ1) is 9.85. The zero-order valence-electron chi connectivity index (χ0n) is 11.1. The van der Waals surface area contributed by atoms with E-state index in [9.17, 15) is 12.8 Å². The lowest BCUT2D eigenvalue weighted by Gasteiger charge is -2.12. The molecule has 0 spiro atoms. The van der Waals surface area contributed by atoms with Crippen LogP contribution >= 0.6 is 0 Å². The Bertz CT molecular complexity index is 842. The predicted molar refractivity (Wildman–Crippen MR) is 77.5 cm³/mol. The number of nitrogen functional groups attached to an aromatic ring is 1. The Labute approximate surface area is 121 Å². The van der Waals surface area contributed by atoms with Crippen molar-refractivity contribution in [3.05, 3.63) is 53.3 Å². The molecule has 0 radical (unpaired) electrons. The molecule has 108 valence electrons. The largest absolute Gasteiger partial charge is 0.399 e. The van der Waals surface area contributed by atoms with Crippen LogP contribution in [0.1, 0.15) is 11.1 Å². The summed E-state index contributed by atoms with van der Waals surface area (Å²) in [6.07, 6.45) is 0. The molecule has 0 fully saturated rings. The number of benzene rings is 2. The predicted octanol–water partition coefficient (Wildman–Crippen LogP) is 2.39. The lowest BCUT2D eigenvalue weighted by Crippen LogP contribution is -2.15. The van der Waals surface area contributed by atoms with Crippen LogP contribution in [0.3, 0.4) is 0 Å². The van der Waals surface area contributed by atoms with Crippen LogP contribution < -0.4 is 10.5 Å². The fourth-order valence-electron chi connectivity index (χ4n) is 1.84. The first kappa shape index (κ1) is 14.8. The van der Waals surface area contributed by atoms with Crippen molar-refractivity contribution in [2.45, 2.75) is 11.8 Å². The molecule has 0 aliphatic heterocycles. The number of aryl methyl sites for hydroxylation is 1. The van der Waals surface area contributed by atoms with Crippen LogP contribution in [0.2, 0.25) is 0 Å². The Morgan fingerprint density at radius 3 is 2.62 bits per heavy atom. The van der Waals surface area contributed by atoms with Crippen molar-refractivity contribution in [2.24, 2.45) is 0 Å². The first-order valence-corrected chi connectivity index (χ1v) is 7.41. The van der Waals surface area contributed by atoms with E-state index in [-0.39, 0.29) is 0 Å². The highest BCUT2D eigenvalue weighted by Gasteiger charge is 2.21. The summed E-state index contributed by atoms with van der Waals surface area (Å²) in [5, 5.41) is 8.92. The van der Waals surface area contributed by atoms with Gasteiger partial charge in [-0.15, -0.1) is 0 Å². The van der Waals surface area contributed by atoms with Gasteiger partial charge < -0.3 is 5.73 Å². The van der Waals surface area contributed by atoms with Crippen molar-refractivity contribution in [2.75, 3.05) is 10.5 Å². The molecule has 0 heterocycles. The quantitative estimate of drug-likeness (QED) is 0.851. The summed E-state index contributed by atoms with van der Waals surface area (Å²) in [5.74, 6) is -0.880. The summed E-state index contributed by atoms with van der Waals surface area (Å²) in [6.45, 7) is 1.69. The molecule has 0 saturated heterocycles. The average Bonchev–Trinajstić information content (AvgIpc) is 2.41. The molecule has 0 amide bonds. The molecule has 0 atom stereocenters. The van der Waals surface area contributed by atoms with Crippen molar-refractivity contribution >= 4 is 21.4 Å². The Balaban J connectivity index is 2.49. The van der Waals surface area contributed by atoms with Gasteiger partial charge >= 0.3 is 0 Å². The van der Waals surface area contributed by atoms with Crippen LogP contribution in [0.4, 0.5) is 15.8 Å². The highest BCUT2D eigenvalue weighted by molar-refractivity contribution is 7.92. The average molecular weight is 305 g/mol. The highest BCUT2D eigenvalue weighted by Crippen LogP contribution is 2.24. The second kappa shape index (κ2) is 5.42. The number of nitrogens with zero attached hydrogens (tertiary/aromatic N) is 1. The minimum absolute atomic E-state index is 0.317. The standard InChI is InChI=1S/C14H12FN3O2S/c1-9-7-10(17)5-6-13(9)18-21(19,20)14-4-2-3-12(15)11(14)8-16/h2-7,18H,17H2,1H3. The zero-order chi connectivity index (χ0) is 15.6. The number of sulfonamides is 1. The molecule has 0 aromatic heterocycles. The summed E-state index contributed by atoms with van der Waals surface area (Å²) in [5.41, 5.74) is 6.52. The van der Waals surface area contributed by atoms with E-state index in [0.29, 0.717) is 16.9 Å². The van der Waals surface area contributed by atoms with Gasteiger partial charge in [-0.05, 0) is 42.8 Å². The Kier molecular flexibility index (Phi) is 3.82. The van der Waals surface area contributed by atoms with Crippen LogP contribution in [-0.2, 0) is 10.0 Å². The third-order valence-corrected chi connectivity index (χ3v) is 4.28. The van der Waals surface area contributed by atoms with Gasteiger partial charge in [-0.25, -0.2) is 12.8 Å². The minimum atomic E-state index is -4.07. The molecule has 0 unspecified atom stereocenters. The smallest absolute Gasteiger partial charge is 0.263 e. The molecule has 21 heavy (non-hydrogen) atoms. The number of rotatable bonds is 3. The maximum Gasteiger partial charge on any atom is 0.263 e. The Hall–Kier alpha value is -2.59. The van der Waals surface area contributed by atoms with Gasteiger partial charge in [-0.3, -0.25) is 4.72 Å². The van der Waals surface area contributed by atoms with Gasteiger partial charge in [0.2, 0.25) is 0 Å². The second-order valence-corrected chi connectivity index (χ2v) is 6.06. The maximum absolute atomic E-state index is 13.5. The Morgan fingerprint density at radius 2 is 2.00 bits per heavy atom. The summed E-state index contributed by atoms with van der Waals surface area (Å²) < 4.78 is 40.5. The second-order valence-electron chi connectivity index (χ2n) is 4.40. The molecule has 0 aliphatic carbocycles. The van der Waals surface area contributed by atoms with Crippen molar-refractivity contribution in [3.63, 3.8) is 0 Å². The SMILES string of the molecule is Cc1cc(N)ccc1NS(=O)(=O)c1cccc(F)c1C#N. The van der Waals surface area contributed by atoms with E-state index < -0.39 is 26.3 Å². The number of nitrogens with two attached hydrogens (primary N) is 1. The van der Waals surface area contributed by atoms with Gasteiger partial charge in [0.25, 0.3) is 10.0 Å². The minimum Gasteiger partial charge on any atom is -0.399 e. The lowest BCUT2D eigenvalue weighted by atomic mass is 10.2. The summed E-state index contributed by atoms with van der Waals surface area (Å²) in [4.78, 5) is -0.402. The fraction of sp³-hybridized carbons (Fsp3) is 0.0714. The molecule has 0 bridgehead atoms. The number of halogens is 1. The number of nitriles is 1. The van der Waals surface area contributed by atoms with Crippen LogP contribution in [0.25, 0.3) is 0 Å². The monoisotopic (exact) mass is 305 g/mol. The number of hydrogen-bond donors (Lipinski definition) is 2. The molecule has 3 N–H and O–H groups in total. The molecular formula is C14H12FN3O2S. The van der Waals surface area contributed by atoms with E-state index in [0.717, 1.165) is 6.07 Å². The number of hydrogen-bond acceptors (Lipinski definition) is 4. The topological polar surface area (TPSA) is 96.0 Å². The van der Waals surface area contributed by atoms with Crippen LogP contribution in [0, 0.1) is 24.1 Å². The summed E-state index contributed by atoms with van der Waals surface area (Å²) in [6, 6.07) is 9.67. The number of nitrogens with one attached hydrogen (secondary N) is 1. The van der Waals surface area contributed by atoms with Gasteiger partial charge in [0, 0.05) is 5.69 Å². The van der Waals surface area contributed by atoms with Crippen molar-refractivity contribution in [1.82, 2.24) is 0 Å². The molecule has 2 rings (SSSR count). The molecular weight excluding hydrogens is 293 g/mol. The van der Waals surface area contributed by atoms with Gasteiger partial charge in [-0.1, -0.05) is 6.07 Å². The van der Waals surface area contributed by atoms with Gasteiger partial charge in [0.15, 0.2) is 0 Å². The molecule has 2 aromatic rings. The van der Waals surface area contributed by atoms with Crippen molar-refractivity contribution in [1.29, 1.82) is 5.26 Å². The normalized spacial score (nSPS) is 10.9. The van der Waals surface area contributed by atoms with Gasteiger partial charge in [0.05, 0.1) is 5.69 Å². The van der Waals surface area contributed by atoms with E-state index in [4.69, 9.17) is 11.0 Å². The zero-order valence-corrected chi connectivity index (χ0v) is 11.9. The lowest BCUT2D eigenvalue weighted by molar-refractivity contribution is 0.593. The van der Waals surface area contributed by atoms with Crippen molar-refractivity contribution in [3.8, 4) is 6.07 Å². The summed E-state index contributed by atoms with van der Waals surface area (Å²) in [7, 11) is -4.07. The van der Waals surface area contributed by atoms with Gasteiger partial charge in [0.1, 0.15) is 22.3 Å². The van der Waals surface area contributed by atoms with Gasteiger partial charge in [-0.2, -0.15) is 5.26 Å². The molecule has 0 saturated carbocycles. The third-order valence-electron chi connectivity index (χ3n) is 2.87. The molecule has 5 nitrogen and oxygen atoms in total. The van der Waals surface area contributed by atoms with E-state index in [1.54, 1.807) is 25.1 Å². The van der Waals surface area contributed by atoms with Crippen molar-refractivity contribution < 1.29 is 12.8 Å². The first-order valence-electron chi connectivity index (χ1n) is 5.92. The van der Waals surface area contributed by atoms with E-state index >= 15 is 0 Å². The van der Waals surface area contributed by atoms with E-state index in [2.05, 4.69) is 4.72 Å². The van der Waals surface area contributed by atoms with Crippen LogP contribution in [-0.4, -0.2) is 8.42 Å². The maximum atomic E-state index is 13.5. The van der Waals surface area contributed by atoms with Crippen LogP contribution in [0.15, 0.2) is 41.3 Å².